The fraction of sp³-hybridized carbons (Fsp3) is 0.786. The molecule has 100 valence electrons. The van der Waals surface area contributed by atoms with Crippen molar-refractivity contribution in [1.29, 1.82) is 0 Å². The molecule has 4 heteroatoms. The SMILES string of the molecule is Cn1ncc2c1CCCC2NCC1CCCCO1. The van der Waals surface area contributed by atoms with Crippen molar-refractivity contribution < 1.29 is 4.74 Å². The van der Waals surface area contributed by atoms with Crippen LogP contribution in [0.2, 0.25) is 0 Å². The number of nitrogens with zero attached hydrogens (tertiary/aromatic N) is 2. The first kappa shape index (κ1) is 12.2. The molecule has 18 heavy (non-hydrogen) atoms. The summed E-state index contributed by atoms with van der Waals surface area (Å²) in [6, 6.07) is 0.480. The largest absolute Gasteiger partial charge is 0.377 e. The highest BCUT2D eigenvalue weighted by atomic mass is 16.5. The Morgan fingerprint density at radius 1 is 1.39 bits per heavy atom. The number of nitrogens with one attached hydrogen (secondary N) is 1. The number of hydrogen-bond donors (Lipinski definition) is 1. The van der Waals surface area contributed by atoms with E-state index in [0.29, 0.717) is 12.1 Å². The Morgan fingerprint density at radius 2 is 2.33 bits per heavy atom. The summed E-state index contributed by atoms with van der Waals surface area (Å²) in [5.41, 5.74) is 2.81. The average Bonchev–Trinajstić information content (AvgIpc) is 2.80. The molecule has 4 nitrogen and oxygen atoms in total. The molecule has 2 heterocycles. The molecule has 0 amide bonds. The van der Waals surface area contributed by atoms with Gasteiger partial charge >= 0.3 is 0 Å². The molecular formula is C14H23N3O. The van der Waals surface area contributed by atoms with E-state index in [1.807, 2.05) is 17.9 Å². The zero-order valence-corrected chi connectivity index (χ0v) is 11.2. The van der Waals surface area contributed by atoms with Crippen molar-refractivity contribution in [3.63, 3.8) is 0 Å². The van der Waals surface area contributed by atoms with Crippen molar-refractivity contribution >= 4 is 0 Å². The van der Waals surface area contributed by atoms with Gasteiger partial charge in [-0.05, 0) is 38.5 Å². The summed E-state index contributed by atoms with van der Waals surface area (Å²) < 4.78 is 7.81. The van der Waals surface area contributed by atoms with E-state index in [2.05, 4.69) is 10.4 Å². The van der Waals surface area contributed by atoms with Crippen molar-refractivity contribution in [1.82, 2.24) is 15.1 Å². The Hall–Kier alpha value is -0.870. The molecule has 0 spiro atoms. The van der Waals surface area contributed by atoms with Crippen LogP contribution in [-0.4, -0.2) is 29.0 Å². The second kappa shape index (κ2) is 5.41. The van der Waals surface area contributed by atoms with Gasteiger partial charge in [0.15, 0.2) is 0 Å². The normalized spacial score (nSPS) is 28.1. The van der Waals surface area contributed by atoms with Crippen LogP contribution in [0.5, 0.6) is 0 Å². The average molecular weight is 249 g/mol. The molecule has 1 aromatic rings. The maximum atomic E-state index is 5.78. The minimum atomic E-state index is 0.417. The van der Waals surface area contributed by atoms with Crippen LogP contribution in [0.15, 0.2) is 6.20 Å². The Bertz CT molecular complexity index is 396. The van der Waals surface area contributed by atoms with Gasteiger partial charge in [0.1, 0.15) is 0 Å². The Balaban J connectivity index is 1.60. The number of aryl methyl sites for hydroxylation is 1. The monoisotopic (exact) mass is 249 g/mol. The highest BCUT2D eigenvalue weighted by molar-refractivity contribution is 5.24. The van der Waals surface area contributed by atoms with Crippen LogP contribution in [0, 0.1) is 0 Å². The van der Waals surface area contributed by atoms with E-state index in [-0.39, 0.29) is 0 Å². The lowest BCUT2D eigenvalue weighted by molar-refractivity contribution is 0.0150. The number of ether oxygens (including phenoxy) is 1. The van der Waals surface area contributed by atoms with Gasteiger partial charge in [0, 0.05) is 37.5 Å². The van der Waals surface area contributed by atoms with Crippen LogP contribution in [-0.2, 0) is 18.2 Å². The number of rotatable bonds is 3. The molecule has 1 saturated heterocycles. The molecule has 0 radical (unpaired) electrons. The van der Waals surface area contributed by atoms with Crippen molar-refractivity contribution in [2.75, 3.05) is 13.2 Å². The summed E-state index contributed by atoms with van der Waals surface area (Å²) in [6.07, 6.45) is 9.86. The first-order chi connectivity index (χ1) is 8.84. The molecule has 2 unspecified atom stereocenters. The molecule has 0 aromatic carbocycles. The van der Waals surface area contributed by atoms with E-state index in [9.17, 15) is 0 Å². The van der Waals surface area contributed by atoms with Crippen LogP contribution in [0.25, 0.3) is 0 Å². The standard InChI is InChI=1S/C14H23N3O/c1-17-14-7-4-6-13(12(14)10-16-17)15-9-11-5-2-3-8-18-11/h10-11,13,15H,2-9H2,1H3. The van der Waals surface area contributed by atoms with Gasteiger partial charge in [-0.2, -0.15) is 5.10 Å². The molecule has 3 rings (SSSR count). The molecule has 1 aliphatic carbocycles. The fourth-order valence-corrected chi connectivity index (χ4v) is 3.16. The number of aromatic nitrogens is 2. The van der Waals surface area contributed by atoms with E-state index in [1.165, 1.54) is 49.8 Å². The molecule has 0 saturated carbocycles. The third kappa shape index (κ3) is 2.45. The van der Waals surface area contributed by atoms with Crippen LogP contribution in [0.1, 0.15) is 49.4 Å². The molecule has 1 N–H and O–H groups in total. The summed E-state index contributed by atoms with van der Waals surface area (Å²) in [7, 11) is 2.05. The van der Waals surface area contributed by atoms with Crippen LogP contribution in [0.3, 0.4) is 0 Å². The Morgan fingerprint density at radius 3 is 3.17 bits per heavy atom. The van der Waals surface area contributed by atoms with Crippen LogP contribution in [0.4, 0.5) is 0 Å². The molecular weight excluding hydrogens is 226 g/mol. The summed E-state index contributed by atoms with van der Waals surface area (Å²) in [5.74, 6) is 0. The van der Waals surface area contributed by atoms with E-state index >= 15 is 0 Å². The lowest BCUT2D eigenvalue weighted by Gasteiger charge is -2.28. The second-order valence-electron chi connectivity index (χ2n) is 5.51. The maximum Gasteiger partial charge on any atom is 0.0699 e. The molecule has 2 aliphatic rings. The van der Waals surface area contributed by atoms with Crippen LogP contribution < -0.4 is 5.32 Å². The molecule has 1 fully saturated rings. The van der Waals surface area contributed by atoms with Crippen molar-refractivity contribution in [2.24, 2.45) is 7.05 Å². The minimum Gasteiger partial charge on any atom is -0.377 e. The van der Waals surface area contributed by atoms with E-state index < -0.39 is 0 Å². The predicted molar refractivity (Wildman–Crippen MR) is 70.5 cm³/mol. The molecule has 1 aromatic heterocycles. The first-order valence-corrected chi connectivity index (χ1v) is 7.20. The highest BCUT2D eigenvalue weighted by Gasteiger charge is 2.24. The predicted octanol–water partition coefficient (Wildman–Crippen LogP) is 1.96. The smallest absolute Gasteiger partial charge is 0.0699 e. The Labute approximate surface area is 109 Å². The summed E-state index contributed by atoms with van der Waals surface area (Å²) in [6.45, 7) is 1.92. The van der Waals surface area contributed by atoms with Gasteiger partial charge in [-0.3, -0.25) is 4.68 Å². The summed E-state index contributed by atoms with van der Waals surface area (Å²) in [5, 5.41) is 8.07. The summed E-state index contributed by atoms with van der Waals surface area (Å²) in [4.78, 5) is 0. The lowest BCUT2D eigenvalue weighted by Crippen LogP contribution is -2.35. The topological polar surface area (TPSA) is 39.1 Å². The van der Waals surface area contributed by atoms with Gasteiger partial charge in [0.05, 0.1) is 12.3 Å². The molecule has 0 bridgehead atoms. The second-order valence-corrected chi connectivity index (χ2v) is 5.51. The number of fused-ring (bicyclic) bond motifs is 1. The third-order valence-corrected chi connectivity index (χ3v) is 4.24. The van der Waals surface area contributed by atoms with E-state index in [1.54, 1.807) is 0 Å². The van der Waals surface area contributed by atoms with Crippen LogP contribution >= 0.6 is 0 Å². The van der Waals surface area contributed by atoms with Gasteiger partial charge < -0.3 is 10.1 Å². The van der Waals surface area contributed by atoms with E-state index in [0.717, 1.165) is 13.2 Å². The van der Waals surface area contributed by atoms with Crippen molar-refractivity contribution in [3.8, 4) is 0 Å². The highest BCUT2D eigenvalue weighted by Crippen LogP contribution is 2.29. The van der Waals surface area contributed by atoms with Gasteiger partial charge in [0.2, 0.25) is 0 Å². The first-order valence-electron chi connectivity index (χ1n) is 7.20. The molecule has 2 atom stereocenters. The van der Waals surface area contributed by atoms with Gasteiger partial charge in [-0.1, -0.05) is 0 Å². The summed E-state index contributed by atoms with van der Waals surface area (Å²) >= 11 is 0. The van der Waals surface area contributed by atoms with Crippen molar-refractivity contribution in [2.45, 2.75) is 50.7 Å². The Kier molecular flexibility index (Phi) is 3.66. The molecule has 1 aliphatic heterocycles. The minimum absolute atomic E-state index is 0.417. The zero-order chi connectivity index (χ0) is 12.4. The maximum absolute atomic E-state index is 5.78. The third-order valence-electron chi connectivity index (χ3n) is 4.24. The quantitative estimate of drug-likeness (QED) is 0.890. The zero-order valence-electron chi connectivity index (χ0n) is 11.2. The van der Waals surface area contributed by atoms with E-state index in [4.69, 9.17) is 4.74 Å². The fourth-order valence-electron chi connectivity index (χ4n) is 3.16. The lowest BCUT2D eigenvalue weighted by atomic mass is 9.93. The van der Waals surface area contributed by atoms with Crippen molar-refractivity contribution in [3.05, 3.63) is 17.5 Å². The number of hydrogen-bond acceptors (Lipinski definition) is 3. The van der Waals surface area contributed by atoms with Gasteiger partial charge in [-0.15, -0.1) is 0 Å². The van der Waals surface area contributed by atoms with Gasteiger partial charge in [-0.25, -0.2) is 0 Å². The van der Waals surface area contributed by atoms with Gasteiger partial charge in [0.25, 0.3) is 0 Å².